The number of pyridine rings is 1. The average Bonchev–Trinajstić information content (AvgIpc) is 2.98. The third-order valence-electron chi connectivity index (χ3n) is 3.13. The Hall–Kier alpha value is -1.82. The first kappa shape index (κ1) is 13.2. The number of aliphatic hydroxyl groups excluding tert-OH is 1. The van der Waals surface area contributed by atoms with Crippen molar-refractivity contribution in [2.75, 3.05) is 0 Å². The number of aliphatic hydroxyl groups is 1. The van der Waals surface area contributed by atoms with Crippen molar-refractivity contribution in [1.82, 2.24) is 10.3 Å². The fourth-order valence-corrected chi connectivity index (χ4v) is 2.40. The van der Waals surface area contributed by atoms with Crippen LogP contribution in [0.25, 0.3) is 10.9 Å². The monoisotopic (exact) mass is 286 g/mol. The molecule has 0 radical (unpaired) electrons. The second kappa shape index (κ2) is 5.66. The summed E-state index contributed by atoms with van der Waals surface area (Å²) in [6, 6.07) is 11.2. The van der Waals surface area contributed by atoms with Crippen LogP contribution in [0.1, 0.15) is 17.6 Å². The number of nitrogens with one attached hydrogen (secondary N) is 1. The number of hydrogen-bond donors (Lipinski definition) is 3. The van der Waals surface area contributed by atoms with Gasteiger partial charge in [-0.05, 0) is 24.3 Å². The molecule has 0 bridgehead atoms. The molecular weight excluding hydrogens is 272 g/mol. The summed E-state index contributed by atoms with van der Waals surface area (Å²) >= 11 is 4.39. The quantitative estimate of drug-likeness (QED) is 0.510. The van der Waals surface area contributed by atoms with E-state index < -0.39 is 6.23 Å². The Kier molecular flexibility index (Phi) is 3.73. The van der Waals surface area contributed by atoms with Crippen LogP contribution in [0.4, 0.5) is 0 Å². The molecule has 0 saturated carbocycles. The molecule has 0 spiro atoms. The fourth-order valence-electron chi connectivity index (χ4n) is 2.14. The minimum absolute atomic E-state index is 0.457. The van der Waals surface area contributed by atoms with Crippen LogP contribution in [-0.4, -0.2) is 10.1 Å². The topological polar surface area (TPSA) is 58.3 Å². The van der Waals surface area contributed by atoms with Crippen molar-refractivity contribution >= 4 is 23.5 Å². The number of para-hydroxylation sites is 1. The van der Waals surface area contributed by atoms with Gasteiger partial charge in [-0.15, -0.1) is 12.6 Å². The van der Waals surface area contributed by atoms with Gasteiger partial charge in [0.2, 0.25) is 0 Å². The molecule has 1 aromatic carbocycles. The molecule has 0 fully saturated rings. The Bertz CT molecular complexity index is 713. The van der Waals surface area contributed by atoms with Crippen molar-refractivity contribution in [2.45, 2.75) is 17.7 Å². The fraction of sp³-hybridized carbons (Fsp3) is 0.133. The number of aromatic nitrogens is 1. The molecule has 1 atom stereocenters. The molecule has 5 heteroatoms. The van der Waals surface area contributed by atoms with Gasteiger partial charge in [-0.2, -0.15) is 0 Å². The standard InChI is InChI=1S/C15H14N2O2S/c18-15(17-9-10-3-2-8-19-10)12-6-7-16-14-11(12)4-1-5-13(14)20/h1-8,15,17-18,20H,9H2. The molecule has 0 saturated heterocycles. The lowest BCUT2D eigenvalue weighted by atomic mass is 10.1. The molecular formula is C15H14N2O2S. The molecule has 2 heterocycles. The van der Waals surface area contributed by atoms with Gasteiger partial charge in [0.05, 0.1) is 18.3 Å². The number of fused-ring (bicyclic) bond motifs is 1. The minimum atomic E-state index is -0.791. The van der Waals surface area contributed by atoms with Crippen LogP contribution in [0.15, 0.2) is 58.2 Å². The van der Waals surface area contributed by atoms with E-state index in [1.165, 1.54) is 0 Å². The maximum atomic E-state index is 10.3. The van der Waals surface area contributed by atoms with Crippen LogP contribution in [0.3, 0.4) is 0 Å². The van der Waals surface area contributed by atoms with Crippen molar-refractivity contribution in [2.24, 2.45) is 0 Å². The minimum Gasteiger partial charge on any atom is -0.468 e. The van der Waals surface area contributed by atoms with E-state index in [-0.39, 0.29) is 0 Å². The zero-order valence-corrected chi connectivity index (χ0v) is 11.5. The van der Waals surface area contributed by atoms with E-state index in [2.05, 4.69) is 22.9 Å². The molecule has 2 aromatic heterocycles. The van der Waals surface area contributed by atoms with E-state index in [4.69, 9.17) is 4.42 Å². The Morgan fingerprint density at radius 2 is 2.15 bits per heavy atom. The highest BCUT2D eigenvalue weighted by molar-refractivity contribution is 7.80. The van der Waals surface area contributed by atoms with Crippen LogP contribution in [0.2, 0.25) is 0 Å². The summed E-state index contributed by atoms with van der Waals surface area (Å²) in [5.41, 5.74) is 1.56. The van der Waals surface area contributed by atoms with Crippen LogP contribution >= 0.6 is 12.6 Å². The highest BCUT2D eigenvalue weighted by atomic mass is 32.1. The van der Waals surface area contributed by atoms with Crippen LogP contribution in [0.5, 0.6) is 0 Å². The first-order chi connectivity index (χ1) is 9.75. The molecule has 1 unspecified atom stereocenters. The third-order valence-corrected chi connectivity index (χ3v) is 3.49. The number of benzene rings is 1. The van der Waals surface area contributed by atoms with Crippen LogP contribution in [0, 0.1) is 0 Å². The summed E-state index contributed by atoms with van der Waals surface area (Å²) in [7, 11) is 0. The number of hydrogen-bond acceptors (Lipinski definition) is 5. The van der Waals surface area contributed by atoms with Crippen LogP contribution < -0.4 is 5.32 Å². The van der Waals surface area contributed by atoms with Crippen molar-refractivity contribution < 1.29 is 9.52 Å². The van der Waals surface area contributed by atoms with Gasteiger partial charge < -0.3 is 9.52 Å². The average molecular weight is 286 g/mol. The molecule has 3 aromatic rings. The SMILES string of the molecule is OC(NCc1ccco1)c1ccnc2c(S)cccc12. The number of furan rings is 1. The Labute approximate surface area is 121 Å². The van der Waals surface area contributed by atoms with Crippen molar-refractivity contribution in [3.8, 4) is 0 Å². The van der Waals surface area contributed by atoms with Gasteiger partial charge in [0.1, 0.15) is 12.0 Å². The molecule has 0 aliphatic carbocycles. The first-order valence-electron chi connectivity index (χ1n) is 6.26. The van der Waals surface area contributed by atoms with E-state index in [9.17, 15) is 5.11 Å². The van der Waals surface area contributed by atoms with Gasteiger partial charge in [0.15, 0.2) is 0 Å². The lowest BCUT2D eigenvalue weighted by Crippen LogP contribution is -2.20. The summed E-state index contributed by atoms with van der Waals surface area (Å²) in [5.74, 6) is 0.775. The third kappa shape index (κ3) is 2.56. The van der Waals surface area contributed by atoms with E-state index in [0.29, 0.717) is 6.54 Å². The first-order valence-corrected chi connectivity index (χ1v) is 6.71. The van der Waals surface area contributed by atoms with Gasteiger partial charge >= 0.3 is 0 Å². The summed E-state index contributed by atoms with van der Waals surface area (Å²) < 4.78 is 5.23. The number of nitrogens with zero attached hydrogens (tertiary/aromatic N) is 1. The summed E-state index contributed by atoms with van der Waals surface area (Å²) in [5, 5.41) is 14.2. The van der Waals surface area contributed by atoms with E-state index in [0.717, 1.165) is 27.1 Å². The maximum Gasteiger partial charge on any atom is 0.132 e. The van der Waals surface area contributed by atoms with Gasteiger partial charge in [0, 0.05) is 22.0 Å². The van der Waals surface area contributed by atoms with E-state index in [1.54, 1.807) is 18.5 Å². The molecule has 3 rings (SSSR count). The lowest BCUT2D eigenvalue weighted by Gasteiger charge is -2.14. The molecule has 2 N–H and O–H groups in total. The normalized spacial score (nSPS) is 12.7. The highest BCUT2D eigenvalue weighted by Gasteiger charge is 2.12. The summed E-state index contributed by atoms with van der Waals surface area (Å²) in [4.78, 5) is 5.09. The molecule has 4 nitrogen and oxygen atoms in total. The zero-order chi connectivity index (χ0) is 13.9. The smallest absolute Gasteiger partial charge is 0.132 e. The van der Waals surface area contributed by atoms with Crippen molar-refractivity contribution in [3.05, 3.63) is 60.2 Å². The Balaban J connectivity index is 1.87. The summed E-state index contributed by atoms with van der Waals surface area (Å²) in [6.07, 6.45) is 2.49. The molecule has 0 amide bonds. The van der Waals surface area contributed by atoms with Crippen molar-refractivity contribution in [1.29, 1.82) is 0 Å². The molecule has 0 aliphatic rings. The largest absolute Gasteiger partial charge is 0.468 e. The van der Waals surface area contributed by atoms with E-state index in [1.807, 2.05) is 30.3 Å². The molecule has 102 valence electrons. The number of rotatable bonds is 4. The second-order valence-electron chi connectivity index (χ2n) is 4.44. The van der Waals surface area contributed by atoms with Gasteiger partial charge in [-0.1, -0.05) is 12.1 Å². The second-order valence-corrected chi connectivity index (χ2v) is 4.92. The van der Waals surface area contributed by atoms with Gasteiger partial charge in [-0.3, -0.25) is 10.3 Å². The molecule has 0 aliphatic heterocycles. The van der Waals surface area contributed by atoms with Gasteiger partial charge in [-0.25, -0.2) is 0 Å². The molecule has 20 heavy (non-hydrogen) atoms. The lowest BCUT2D eigenvalue weighted by molar-refractivity contribution is 0.135. The number of thiol groups is 1. The summed E-state index contributed by atoms with van der Waals surface area (Å²) in [6.45, 7) is 0.457. The van der Waals surface area contributed by atoms with Crippen molar-refractivity contribution in [3.63, 3.8) is 0 Å². The predicted octanol–water partition coefficient (Wildman–Crippen LogP) is 2.90. The highest BCUT2D eigenvalue weighted by Crippen LogP contribution is 2.25. The van der Waals surface area contributed by atoms with Crippen LogP contribution in [-0.2, 0) is 6.54 Å². The van der Waals surface area contributed by atoms with E-state index >= 15 is 0 Å². The Morgan fingerprint density at radius 3 is 2.95 bits per heavy atom. The zero-order valence-electron chi connectivity index (χ0n) is 10.7. The Morgan fingerprint density at radius 1 is 1.25 bits per heavy atom. The predicted molar refractivity (Wildman–Crippen MR) is 79.5 cm³/mol. The van der Waals surface area contributed by atoms with Gasteiger partial charge in [0.25, 0.3) is 0 Å². The maximum absolute atomic E-state index is 10.3.